The fraction of sp³-hybridized carbons (Fsp3) is 0.118. The molecule has 0 N–H and O–H groups in total. The van der Waals surface area contributed by atoms with Crippen LogP contribution in [0.3, 0.4) is 0 Å². The van der Waals surface area contributed by atoms with Gasteiger partial charge in [-0.2, -0.15) is 0 Å². The minimum absolute atomic E-state index is 0.106. The molecule has 0 unspecified atom stereocenters. The van der Waals surface area contributed by atoms with Gasteiger partial charge in [-0.1, -0.05) is 39.3 Å². The molecule has 0 aliphatic rings. The molecule has 2 aromatic carbocycles. The predicted octanol–water partition coefficient (Wildman–Crippen LogP) is 3.83. The molecule has 122 valence electrons. The van der Waals surface area contributed by atoms with Crippen molar-refractivity contribution in [3.05, 3.63) is 75.8 Å². The third-order valence-corrected chi connectivity index (χ3v) is 4.00. The van der Waals surface area contributed by atoms with Gasteiger partial charge >= 0.3 is 5.97 Å². The highest BCUT2D eigenvalue weighted by atomic mass is 79.9. The Kier molecular flexibility index (Phi) is 4.71. The Morgan fingerprint density at radius 2 is 1.92 bits per heavy atom. The minimum Gasteiger partial charge on any atom is -0.456 e. The third kappa shape index (κ3) is 3.35. The van der Waals surface area contributed by atoms with Crippen LogP contribution in [0.4, 0.5) is 4.39 Å². The lowest BCUT2D eigenvalue weighted by Crippen LogP contribution is -2.09. The summed E-state index contributed by atoms with van der Waals surface area (Å²) in [5.74, 6) is -1.06. The Labute approximate surface area is 146 Å². The van der Waals surface area contributed by atoms with E-state index in [1.807, 2.05) is 24.3 Å². The van der Waals surface area contributed by atoms with Gasteiger partial charge in [0.15, 0.2) is 5.69 Å². The number of ether oxygens (including phenoxy) is 1. The van der Waals surface area contributed by atoms with E-state index in [0.29, 0.717) is 11.3 Å². The number of rotatable bonds is 4. The van der Waals surface area contributed by atoms with Crippen LogP contribution in [0.2, 0.25) is 0 Å². The second-order valence-corrected chi connectivity index (χ2v) is 5.99. The molecule has 0 atom stereocenters. The highest BCUT2D eigenvalue weighted by Gasteiger charge is 2.19. The van der Waals surface area contributed by atoms with E-state index in [1.54, 1.807) is 29.8 Å². The normalized spacial score (nSPS) is 10.6. The van der Waals surface area contributed by atoms with Gasteiger partial charge in [0.25, 0.3) is 0 Å². The van der Waals surface area contributed by atoms with Crippen LogP contribution in [0.25, 0.3) is 5.69 Å². The predicted molar refractivity (Wildman–Crippen MR) is 89.3 cm³/mol. The van der Waals surface area contributed by atoms with Crippen LogP contribution >= 0.6 is 15.9 Å². The smallest absolute Gasteiger partial charge is 0.361 e. The van der Waals surface area contributed by atoms with E-state index in [4.69, 9.17) is 4.74 Å². The lowest BCUT2D eigenvalue weighted by atomic mass is 10.2. The first-order chi connectivity index (χ1) is 11.6. The fourth-order valence-corrected chi connectivity index (χ4v) is 2.44. The van der Waals surface area contributed by atoms with Crippen LogP contribution in [0.15, 0.2) is 53.0 Å². The first kappa shape index (κ1) is 16.3. The summed E-state index contributed by atoms with van der Waals surface area (Å²) in [5.41, 5.74) is 1.74. The maximum absolute atomic E-state index is 13.6. The van der Waals surface area contributed by atoms with Crippen LogP contribution < -0.4 is 0 Å². The Morgan fingerprint density at radius 3 is 2.62 bits per heavy atom. The van der Waals surface area contributed by atoms with E-state index in [1.165, 1.54) is 6.07 Å². The number of halogens is 2. The summed E-state index contributed by atoms with van der Waals surface area (Å²) in [6.45, 7) is 1.57. The zero-order valence-corrected chi connectivity index (χ0v) is 14.3. The van der Waals surface area contributed by atoms with Crippen molar-refractivity contribution in [3.8, 4) is 5.69 Å². The number of hydrogen-bond donors (Lipinski definition) is 0. The lowest BCUT2D eigenvalue weighted by Gasteiger charge is -2.05. The molecule has 0 bridgehead atoms. The number of carbonyl (C=O) groups excluding carboxylic acids is 1. The summed E-state index contributed by atoms with van der Waals surface area (Å²) < 4.78 is 21.2. The van der Waals surface area contributed by atoms with Gasteiger partial charge in [0.1, 0.15) is 12.4 Å². The molecule has 1 heterocycles. The average Bonchev–Trinajstić information content (AvgIpc) is 2.96. The van der Waals surface area contributed by atoms with E-state index >= 15 is 0 Å². The zero-order chi connectivity index (χ0) is 17.1. The molecule has 0 radical (unpaired) electrons. The number of carbonyl (C=O) groups is 1. The number of aromatic nitrogens is 3. The standard InChI is InChI=1S/C17H13BrFN3O2/c1-11-16(17(23)24-10-12-4-2-3-5-15(12)19)20-21-22(11)14-8-6-13(18)7-9-14/h2-9H,10H2,1H3. The van der Waals surface area contributed by atoms with Gasteiger partial charge in [-0.15, -0.1) is 5.10 Å². The third-order valence-electron chi connectivity index (χ3n) is 3.48. The van der Waals surface area contributed by atoms with Crippen molar-refractivity contribution in [2.45, 2.75) is 13.5 Å². The van der Waals surface area contributed by atoms with Crippen LogP contribution in [0, 0.1) is 12.7 Å². The van der Waals surface area contributed by atoms with Crippen molar-refractivity contribution in [1.82, 2.24) is 15.0 Å². The van der Waals surface area contributed by atoms with E-state index in [9.17, 15) is 9.18 Å². The number of benzene rings is 2. The number of esters is 1. The maximum atomic E-state index is 13.6. The molecule has 7 heteroatoms. The van der Waals surface area contributed by atoms with Crippen molar-refractivity contribution in [2.24, 2.45) is 0 Å². The second kappa shape index (κ2) is 6.92. The van der Waals surface area contributed by atoms with E-state index in [0.717, 1.165) is 10.2 Å². The van der Waals surface area contributed by atoms with Crippen molar-refractivity contribution >= 4 is 21.9 Å². The number of nitrogens with zero attached hydrogens (tertiary/aromatic N) is 3. The van der Waals surface area contributed by atoms with Crippen LogP contribution in [-0.4, -0.2) is 21.0 Å². The first-order valence-corrected chi connectivity index (χ1v) is 7.94. The molecule has 24 heavy (non-hydrogen) atoms. The van der Waals surface area contributed by atoms with Crippen molar-refractivity contribution in [3.63, 3.8) is 0 Å². The quantitative estimate of drug-likeness (QED) is 0.636. The Hall–Kier alpha value is -2.54. The van der Waals surface area contributed by atoms with Gasteiger partial charge < -0.3 is 4.74 Å². The lowest BCUT2D eigenvalue weighted by molar-refractivity contribution is 0.0461. The SMILES string of the molecule is Cc1c(C(=O)OCc2ccccc2F)nnn1-c1ccc(Br)cc1. The van der Waals surface area contributed by atoms with Gasteiger partial charge in [-0.05, 0) is 37.3 Å². The van der Waals surface area contributed by atoms with Gasteiger partial charge in [-0.3, -0.25) is 0 Å². The van der Waals surface area contributed by atoms with Gasteiger partial charge in [0, 0.05) is 10.0 Å². The topological polar surface area (TPSA) is 57.0 Å². The highest BCUT2D eigenvalue weighted by molar-refractivity contribution is 9.10. The van der Waals surface area contributed by atoms with Crippen LogP contribution in [-0.2, 0) is 11.3 Å². The molecule has 3 rings (SSSR count). The molecule has 3 aromatic rings. The maximum Gasteiger partial charge on any atom is 0.361 e. The van der Waals surface area contributed by atoms with Gasteiger partial charge in [-0.25, -0.2) is 13.9 Å². The molecule has 0 saturated heterocycles. The zero-order valence-electron chi connectivity index (χ0n) is 12.7. The Morgan fingerprint density at radius 1 is 1.21 bits per heavy atom. The van der Waals surface area contributed by atoms with E-state index in [-0.39, 0.29) is 12.3 Å². The molecule has 0 fully saturated rings. The molecule has 0 aliphatic carbocycles. The summed E-state index contributed by atoms with van der Waals surface area (Å²) in [5, 5.41) is 7.87. The largest absolute Gasteiger partial charge is 0.456 e. The van der Waals surface area contributed by atoms with Gasteiger partial charge in [0.2, 0.25) is 0 Å². The molecule has 1 aromatic heterocycles. The van der Waals surface area contributed by atoms with Gasteiger partial charge in [0.05, 0.1) is 11.4 Å². The summed E-state index contributed by atoms with van der Waals surface area (Å²) in [7, 11) is 0. The summed E-state index contributed by atoms with van der Waals surface area (Å²) in [6, 6.07) is 13.6. The first-order valence-electron chi connectivity index (χ1n) is 7.15. The van der Waals surface area contributed by atoms with Crippen molar-refractivity contribution in [1.29, 1.82) is 0 Å². The number of hydrogen-bond acceptors (Lipinski definition) is 4. The van der Waals surface area contributed by atoms with Crippen molar-refractivity contribution in [2.75, 3.05) is 0 Å². The Balaban J connectivity index is 1.76. The van der Waals surface area contributed by atoms with E-state index in [2.05, 4.69) is 26.2 Å². The molecule has 0 aliphatic heterocycles. The molecular weight excluding hydrogens is 377 g/mol. The molecule has 0 saturated carbocycles. The summed E-state index contributed by atoms with van der Waals surface area (Å²) >= 11 is 3.36. The second-order valence-electron chi connectivity index (χ2n) is 5.08. The molecule has 5 nitrogen and oxygen atoms in total. The van der Waals surface area contributed by atoms with Crippen molar-refractivity contribution < 1.29 is 13.9 Å². The fourth-order valence-electron chi connectivity index (χ4n) is 2.17. The van der Waals surface area contributed by atoms with Crippen LogP contribution in [0.5, 0.6) is 0 Å². The van der Waals surface area contributed by atoms with Crippen LogP contribution in [0.1, 0.15) is 21.7 Å². The Bertz CT molecular complexity index is 878. The average molecular weight is 390 g/mol. The highest BCUT2D eigenvalue weighted by Crippen LogP contribution is 2.17. The monoisotopic (exact) mass is 389 g/mol. The molecule has 0 amide bonds. The van der Waals surface area contributed by atoms with E-state index < -0.39 is 11.8 Å². The molecular formula is C17H13BrFN3O2. The molecule has 0 spiro atoms. The minimum atomic E-state index is -0.640. The summed E-state index contributed by atoms with van der Waals surface area (Å²) in [4.78, 5) is 12.2. The summed E-state index contributed by atoms with van der Waals surface area (Å²) in [6.07, 6.45) is 0.